The lowest BCUT2D eigenvalue weighted by molar-refractivity contribution is 0.0979. The van der Waals surface area contributed by atoms with Crippen molar-refractivity contribution in [2.24, 2.45) is 10.9 Å². The molecule has 6 heteroatoms. The van der Waals surface area contributed by atoms with Gasteiger partial charge in [0.25, 0.3) is 0 Å². The van der Waals surface area contributed by atoms with E-state index in [0.29, 0.717) is 18.3 Å². The molecule has 1 fully saturated rings. The molecule has 1 aliphatic heterocycles. The summed E-state index contributed by atoms with van der Waals surface area (Å²) in [5, 5.41) is 11.3. The van der Waals surface area contributed by atoms with Crippen molar-refractivity contribution in [3.63, 3.8) is 0 Å². The van der Waals surface area contributed by atoms with Crippen molar-refractivity contribution in [2.45, 2.75) is 31.8 Å². The maximum absolute atomic E-state index is 13.7. The Balaban J connectivity index is 1.80. The fraction of sp³-hybridized carbons (Fsp3) is 0.500. The van der Waals surface area contributed by atoms with Gasteiger partial charge in [-0.15, -0.1) is 0 Å². The highest BCUT2D eigenvalue weighted by Crippen LogP contribution is 2.20. The fourth-order valence-electron chi connectivity index (χ4n) is 2.20. The Bertz CT molecular complexity index is 473. The molecule has 2 rings (SSSR count). The van der Waals surface area contributed by atoms with Crippen molar-refractivity contribution in [1.82, 2.24) is 0 Å². The third-order valence-corrected chi connectivity index (χ3v) is 3.29. The summed E-state index contributed by atoms with van der Waals surface area (Å²) in [7, 11) is 0. The molecule has 110 valence electrons. The van der Waals surface area contributed by atoms with Crippen molar-refractivity contribution < 1.29 is 19.1 Å². The Morgan fingerprint density at radius 2 is 2.40 bits per heavy atom. The molecule has 0 aliphatic carbocycles. The average Bonchev–Trinajstić information content (AvgIpc) is 2.97. The van der Waals surface area contributed by atoms with E-state index < -0.39 is 5.82 Å². The predicted molar refractivity (Wildman–Crippen MR) is 72.6 cm³/mol. The van der Waals surface area contributed by atoms with Crippen LogP contribution in [-0.4, -0.2) is 30.4 Å². The Morgan fingerprint density at radius 3 is 3.05 bits per heavy atom. The molecule has 0 bridgehead atoms. The summed E-state index contributed by atoms with van der Waals surface area (Å²) < 4.78 is 24.6. The Morgan fingerprint density at radius 1 is 1.55 bits per heavy atom. The molecule has 1 aromatic rings. The predicted octanol–water partition coefficient (Wildman–Crippen LogP) is 2.26. The van der Waals surface area contributed by atoms with E-state index in [1.165, 1.54) is 12.1 Å². The Hall–Kier alpha value is -1.82. The summed E-state index contributed by atoms with van der Waals surface area (Å²) in [5.74, 6) is -0.480. The van der Waals surface area contributed by atoms with Crippen molar-refractivity contribution in [2.75, 3.05) is 13.2 Å². The smallest absolute Gasteiger partial charge is 0.170 e. The van der Waals surface area contributed by atoms with Crippen molar-refractivity contribution >= 4 is 5.84 Å². The van der Waals surface area contributed by atoms with Crippen LogP contribution in [0.3, 0.4) is 0 Å². The van der Waals surface area contributed by atoms with Gasteiger partial charge in [-0.2, -0.15) is 0 Å². The van der Waals surface area contributed by atoms with Gasteiger partial charge in [0.1, 0.15) is 0 Å². The molecule has 1 atom stereocenters. The van der Waals surface area contributed by atoms with Gasteiger partial charge in [0.15, 0.2) is 17.4 Å². The molecule has 1 aromatic carbocycles. The van der Waals surface area contributed by atoms with E-state index in [1.807, 2.05) is 0 Å². The summed E-state index contributed by atoms with van der Waals surface area (Å²) in [4.78, 5) is 0. The van der Waals surface area contributed by atoms with Crippen LogP contribution in [-0.2, 0) is 4.74 Å². The molecule has 0 amide bonds. The van der Waals surface area contributed by atoms with E-state index in [2.05, 4.69) is 5.16 Å². The van der Waals surface area contributed by atoms with Crippen molar-refractivity contribution in [3.8, 4) is 5.75 Å². The zero-order chi connectivity index (χ0) is 14.4. The van der Waals surface area contributed by atoms with Crippen molar-refractivity contribution in [3.05, 3.63) is 29.6 Å². The molecule has 0 saturated carbocycles. The van der Waals surface area contributed by atoms with Crippen LogP contribution >= 0.6 is 0 Å². The van der Waals surface area contributed by atoms with Gasteiger partial charge in [-0.25, -0.2) is 4.39 Å². The topological polar surface area (TPSA) is 77.1 Å². The quantitative estimate of drug-likeness (QED) is 0.276. The number of halogens is 1. The standard InChI is InChI=1S/C14H19FN2O3/c15-12-9-10(14(16)17-18)5-6-13(12)20-8-2-4-11-3-1-7-19-11/h5-6,9,11,18H,1-4,7-8H2,(H2,16,17). The van der Waals surface area contributed by atoms with Gasteiger partial charge in [-0.1, -0.05) is 5.16 Å². The molecule has 3 N–H and O–H groups in total. The highest BCUT2D eigenvalue weighted by Gasteiger charge is 2.15. The molecule has 20 heavy (non-hydrogen) atoms. The number of amidine groups is 1. The monoisotopic (exact) mass is 282 g/mol. The molecule has 1 saturated heterocycles. The second kappa shape index (κ2) is 7.09. The highest BCUT2D eigenvalue weighted by atomic mass is 19.1. The summed E-state index contributed by atoms with van der Waals surface area (Å²) in [6.45, 7) is 1.29. The van der Waals surface area contributed by atoms with E-state index in [0.717, 1.165) is 32.3 Å². The SMILES string of the molecule is N/C(=N/O)c1ccc(OCCCC2CCCO2)c(F)c1. The number of ether oxygens (including phenoxy) is 2. The minimum Gasteiger partial charge on any atom is -0.491 e. The minimum absolute atomic E-state index is 0.131. The molecule has 1 heterocycles. The van der Waals surface area contributed by atoms with Crippen LogP contribution in [0.2, 0.25) is 0 Å². The highest BCUT2D eigenvalue weighted by molar-refractivity contribution is 5.97. The summed E-state index contributed by atoms with van der Waals surface area (Å²) >= 11 is 0. The fourth-order valence-corrected chi connectivity index (χ4v) is 2.20. The normalized spacial score (nSPS) is 19.2. The number of nitrogens with zero attached hydrogens (tertiary/aromatic N) is 1. The minimum atomic E-state index is -0.522. The van der Waals surface area contributed by atoms with E-state index in [9.17, 15) is 4.39 Å². The number of hydrogen-bond donors (Lipinski definition) is 2. The zero-order valence-electron chi connectivity index (χ0n) is 11.2. The van der Waals surface area contributed by atoms with Gasteiger partial charge >= 0.3 is 0 Å². The zero-order valence-corrected chi connectivity index (χ0v) is 11.2. The molecule has 0 radical (unpaired) electrons. The summed E-state index contributed by atoms with van der Waals surface area (Å²) in [6.07, 6.45) is 4.31. The second-order valence-corrected chi connectivity index (χ2v) is 4.76. The van der Waals surface area contributed by atoms with Crippen LogP contribution in [0.1, 0.15) is 31.2 Å². The molecule has 0 spiro atoms. The van der Waals surface area contributed by atoms with Gasteiger partial charge in [0.05, 0.1) is 12.7 Å². The molecule has 1 unspecified atom stereocenters. The first-order valence-corrected chi connectivity index (χ1v) is 6.72. The first kappa shape index (κ1) is 14.6. The number of oxime groups is 1. The number of hydrogen-bond acceptors (Lipinski definition) is 4. The summed E-state index contributed by atoms with van der Waals surface area (Å²) in [5.41, 5.74) is 5.70. The number of rotatable bonds is 6. The van der Waals surface area contributed by atoms with Crippen LogP contribution in [0.4, 0.5) is 4.39 Å². The average molecular weight is 282 g/mol. The molecular formula is C14H19FN2O3. The molecule has 5 nitrogen and oxygen atoms in total. The van der Waals surface area contributed by atoms with E-state index in [-0.39, 0.29) is 11.6 Å². The third-order valence-electron chi connectivity index (χ3n) is 3.29. The van der Waals surface area contributed by atoms with Crippen LogP contribution < -0.4 is 10.5 Å². The van der Waals surface area contributed by atoms with Gasteiger partial charge in [-0.05, 0) is 43.9 Å². The van der Waals surface area contributed by atoms with E-state index >= 15 is 0 Å². The van der Waals surface area contributed by atoms with E-state index in [4.69, 9.17) is 20.4 Å². The lowest BCUT2D eigenvalue weighted by Crippen LogP contribution is -2.13. The first-order valence-electron chi connectivity index (χ1n) is 6.72. The van der Waals surface area contributed by atoms with Crippen LogP contribution in [0.25, 0.3) is 0 Å². The molecule has 0 aromatic heterocycles. The van der Waals surface area contributed by atoms with Gasteiger partial charge < -0.3 is 20.4 Å². The van der Waals surface area contributed by atoms with Crippen molar-refractivity contribution in [1.29, 1.82) is 0 Å². The first-order chi connectivity index (χ1) is 9.70. The van der Waals surface area contributed by atoms with Crippen LogP contribution in [0.15, 0.2) is 23.4 Å². The largest absolute Gasteiger partial charge is 0.491 e. The second-order valence-electron chi connectivity index (χ2n) is 4.76. The number of benzene rings is 1. The van der Waals surface area contributed by atoms with Crippen LogP contribution in [0, 0.1) is 5.82 Å². The Labute approximate surface area is 117 Å². The van der Waals surface area contributed by atoms with Gasteiger partial charge in [-0.3, -0.25) is 0 Å². The maximum atomic E-state index is 13.7. The summed E-state index contributed by atoms with van der Waals surface area (Å²) in [6, 6.07) is 4.22. The van der Waals surface area contributed by atoms with Gasteiger partial charge in [0, 0.05) is 12.2 Å². The number of nitrogens with two attached hydrogens (primary N) is 1. The molecule has 1 aliphatic rings. The lowest BCUT2D eigenvalue weighted by atomic mass is 10.1. The lowest BCUT2D eigenvalue weighted by Gasteiger charge is -2.11. The van der Waals surface area contributed by atoms with Crippen LogP contribution in [0.5, 0.6) is 5.75 Å². The molecular weight excluding hydrogens is 263 g/mol. The van der Waals surface area contributed by atoms with E-state index in [1.54, 1.807) is 6.07 Å². The van der Waals surface area contributed by atoms with Gasteiger partial charge in [0.2, 0.25) is 0 Å². The maximum Gasteiger partial charge on any atom is 0.170 e. The Kier molecular flexibility index (Phi) is 5.17. The third kappa shape index (κ3) is 3.84.